The summed E-state index contributed by atoms with van der Waals surface area (Å²) >= 11 is 5.73. The Labute approximate surface area is 113 Å². The standard InChI is InChI=1S/C12H10ClN3O3/c1-8-5-14-12(17)15(6-8)7-9-2-3-10(13)11(4-9)16(18)19/h2-6H,7H2,1H3. The van der Waals surface area contributed by atoms with E-state index < -0.39 is 10.6 Å². The lowest BCUT2D eigenvalue weighted by Gasteiger charge is -2.06. The Morgan fingerprint density at radius 3 is 2.89 bits per heavy atom. The molecule has 0 aliphatic heterocycles. The van der Waals surface area contributed by atoms with Crippen molar-refractivity contribution in [3.05, 3.63) is 67.3 Å². The molecule has 0 N–H and O–H groups in total. The highest BCUT2D eigenvalue weighted by Gasteiger charge is 2.13. The molecule has 0 aliphatic carbocycles. The summed E-state index contributed by atoms with van der Waals surface area (Å²) in [6, 6.07) is 4.45. The summed E-state index contributed by atoms with van der Waals surface area (Å²) in [6.45, 7) is 2.03. The number of benzene rings is 1. The lowest BCUT2D eigenvalue weighted by Crippen LogP contribution is -2.22. The van der Waals surface area contributed by atoms with Crippen LogP contribution in [0.5, 0.6) is 0 Å². The first-order valence-corrected chi connectivity index (χ1v) is 5.81. The van der Waals surface area contributed by atoms with Gasteiger partial charge in [-0.3, -0.25) is 14.7 Å². The predicted molar refractivity (Wildman–Crippen MR) is 70.4 cm³/mol. The van der Waals surface area contributed by atoms with E-state index in [-0.39, 0.29) is 17.3 Å². The second-order valence-corrected chi connectivity index (χ2v) is 4.49. The molecule has 98 valence electrons. The van der Waals surface area contributed by atoms with Crippen molar-refractivity contribution < 1.29 is 4.92 Å². The van der Waals surface area contributed by atoms with Crippen LogP contribution in [0.2, 0.25) is 5.02 Å². The zero-order valence-electron chi connectivity index (χ0n) is 10.0. The highest BCUT2D eigenvalue weighted by atomic mass is 35.5. The molecule has 0 atom stereocenters. The van der Waals surface area contributed by atoms with Crippen LogP contribution in [0.3, 0.4) is 0 Å². The third-order valence-corrected chi connectivity index (χ3v) is 2.86. The minimum atomic E-state index is -0.552. The molecule has 0 fully saturated rings. The van der Waals surface area contributed by atoms with Gasteiger partial charge in [-0.2, -0.15) is 0 Å². The molecule has 0 saturated carbocycles. The van der Waals surface area contributed by atoms with E-state index in [0.29, 0.717) is 5.56 Å². The van der Waals surface area contributed by atoms with Crippen LogP contribution in [0.15, 0.2) is 35.4 Å². The summed E-state index contributed by atoms with van der Waals surface area (Å²) < 4.78 is 1.39. The molecule has 1 aromatic carbocycles. The van der Waals surface area contributed by atoms with Crippen LogP contribution in [0.1, 0.15) is 11.1 Å². The lowest BCUT2D eigenvalue weighted by atomic mass is 10.2. The summed E-state index contributed by atoms with van der Waals surface area (Å²) in [5.74, 6) is 0. The van der Waals surface area contributed by atoms with E-state index in [1.165, 1.54) is 22.9 Å². The number of nitrogens with zero attached hydrogens (tertiary/aromatic N) is 3. The molecule has 6 nitrogen and oxygen atoms in total. The Balaban J connectivity index is 2.39. The van der Waals surface area contributed by atoms with Crippen LogP contribution in [-0.4, -0.2) is 14.5 Å². The van der Waals surface area contributed by atoms with Gasteiger partial charge in [0, 0.05) is 18.5 Å². The molecule has 0 spiro atoms. The molecule has 19 heavy (non-hydrogen) atoms. The van der Waals surface area contributed by atoms with Crippen molar-refractivity contribution >= 4 is 17.3 Å². The maximum absolute atomic E-state index is 11.6. The number of hydrogen-bond donors (Lipinski definition) is 0. The van der Waals surface area contributed by atoms with Crippen molar-refractivity contribution in [1.29, 1.82) is 0 Å². The van der Waals surface area contributed by atoms with Gasteiger partial charge in [0.25, 0.3) is 5.69 Å². The largest absolute Gasteiger partial charge is 0.347 e. The fourth-order valence-electron chi connectivity index (χ4n) is 1.67. The average molecular weight is 280 g/mol. The van der Waals surface area contributed by atoms with E-state index in [2.05, 4.69) is 4.98 Å². The first kappa shape index (κ1) is 13.2. The van der Waals surface area contributed by atoms with Crippen LogP contribution in [0.4, 0.5) is 5.69 Å². The maximum atomic E-state index is 11.6. The summed E-state index contributed by atoms with van der Waals surface area (Å²) in [5.41, 5.74) is 0.879. The van der Waals surface area contributed by atoms with E-state index in [4.69, 9.17) is 11.6 Å². The fourth-order valence-corrected chi connectivity index (χ4v) is 1.86. The van der Waals surface area contributed by atoms with Gasteiger partial charge in [-0.05, 0) is 24.1 Å². The maximum Gasteiger partial charge on any atom is 0.347 e. The van der Waals surface area contributed by atoms with Crippen molar-refractivity contribution in [3.63, 3.8) is 0 Å². The van der Waals surface area contributed by atoms with Crippen molar-refractivity contribution in [3.8, 4) is 0 Å². The minimum absolute atomic E-state index is 0.0727. The zero-order valence-corrected chi connectivity index (χ0v) is 10.8. The number of hydrogen-bond acceptors (Lipinski definition) is 4. The van der Waals surface area contributed by atoms with Gasteiger partial charge in [0.05, 0.1) is 11.5 Å². The van der Waals surface area contributed by atoms with Crippen LogP contribution in [0, 0.1) is 17.0 Å². The molecule has 0 amide bonds. The minimum Gasteiger partial charge on any atom is -0.294 e. The van der Waals surface area contributed by atoms with Crippen LogP contribution in [-0.2, 0) is 6.54 Å². The molecule has 0 unspecified atom stereocenters. The summed E-state index contributed by atoms with van der Waals surface area (Å²) in [7, 11) is 0. The monoisotopic (exact) mass is 279 g/mol. The molecule has 1 aromatic heterocycles. The molecule has 0 bridgehead atoms. The average Bonchev–Trinajstić information content (AvgIpc) is 2.36. The first-order valence-electron chi connectivity index (χ1n) is 5.43. The van der Waals surface area contributed by atoms with E-state index in [1.54, 1.807) is 12.3 Å². The van der Waals surface area contributed by atoms with Gasteiger partial charge in [-0.25, -0.2) is 9.78 Å². The molecule has 2 rings (SSSR count). The third kappa shape index (κ3) is 2.97. The Morgan fingerprint density at radius 2 is 2.21 bits per heavy atom. The smallest absolute Gasteiger partial charge is 0.294 e. The van der Waals surface area contributed by atoms with Crippen molar-refractivity contribution in [1.82, 2.24) is 9.55 Å². The van der Waals surface area contributed by atoms with Gasteiger partial charge in [-0.1, -0.05) is 17.7 Å². The Morgan fingerprint density at radius 1 is 1.47 bits per heavy atom. The number of nitro groups is 1. The number of aromatic nitrogens is 2. The van der Waals surface area contributed by atoms with Gasteiger partial charge in [-0.15, -0.1) is 0 Å². The van der Waals surface area contributed by atoms with Crippen LogP contribution in [0.25, 0.3) is 0 Å². The quantitative estimate of drug-likeness (QED) is 0.637. The molecule has 2 aromatic rings. The van der Waals surface area contributed by atoms with Gasteiger partial charge in [0.1, 0.15) is 5.02 Å². The zero-order chi connectivity index (χ0) is 14.0. The van der Waals surface area contributed by atoms with Crippen LogP contribution < -0.4 is 5.69 Å². The summed E-state index contributed by atoms with van der Waals surface area (Å²) in [4.78, 5) is 25.5. The SMILES string of the molecule is Cc1cnc(=O)n(Cc2ccc(Cl)c([N+](=O)[O-])c2)c1. The van der Waals surface area contributed by atoms with Gasteiger partial charge in [0.2, 0.25) is 0 Å². The molecular formula is C12H10ClN3O3. The summed E-state index contributed by atoms with van der Waals surface area (Å²) in [5, 5.41) is 10.9. The second kappa shape index (κ2) is 5.19. The van der Waals surface area contributed by atoms with Gasteiger partial charge in [0.15, 0.2) is 0 Å². The number of nitro benzene ring substituents is 1. The van der Waals surface area contributed by atoms with Crippen molar-refractivity contribution in [2.24, 2.45) is 0 Å². The third-order valence-electron chi connectivity index (χ3n) is 2.54. The second-order valence-electron chi connectivity index (χ2n) is 4.08. The normalized spacial score (nSPS) is 10.4. The van der Waals surface area contributed by atoms with E-state index >= 15 is 0 Å². The van der Waals surface area contributed by atoms with E-state index in [0.717, 1.165) is 5.56 Å². The lowest BCUT2D eigenvalue weighted by molar-refractivity contribution is -0.384. The van der Waals surface area contributed by atoms with Gasteiger partial charge < -0.3 is 0 Å². The molecule has 0 saturated heterocycles. The van der Waals surface area contributed by atoms with Crippen molar-refractivity contribution in [2.45, 2.75) is 13.5 Å². The predicted octanol–water partition coefficient (Wildman–Crippen LogP) is 2.16. The van der Waals surface area contributed by atoms with Crippen molar-refractivity contribution in [2.75, 3.05) is 0 Å². The Bertz CT molecular complexity index is 697. The Kier molecular flexibility index (Phi) is 3.62. The molecule has 1 heterocycles. The number of rotatable bonds is 3. The highest BCUT2D eigenvalue weighted by Crippen LogP contribution is 2.25. The van der Waals surface area contributed by atoms with E-state index in [1.807, 2.05) is 6.92 Å². The molecular weight excluding hydrogens is 270 g/mol. The number of halogens is 1. The molecule has 0 aliphatic rings. The topological polar surface area (TPSA) is 78.0 Å². The first-order chi connectivity index (χ1) is 8.97. The van der Waals surface area contributed by atoms with Gasteiger partial charge >= 0.3 is 5.69 Å². The summed E-state index contributed by atoms with van der Waals surface area (Å²) in [6.07, 6.45) is 3.12. The molecule has 0 radical (unpaired) electrons. The fraction of sp³-hybridized carbons (Fsp3) is 0.167. The highest BCUT2D eigenvalue weighted by molar-refractivity contribution is 6.32. The number of aryl methyl sites for hydroxylation is 1. The van der Waals surface area contributed by atoms with Crippen LogP contribution >= 0.6 is 11.6 Å². The molecule has 7 heteroatoms. The van der Waals surface area contributed by atoms with E-state index in [9.17, 15) is 14.9 Å². The Hall–Kier alpha value is -2.21.